The molecule has 0 saturated heterocycles. The van der Waals surface area contributed by atoms with E-state index >= 15 is 0 Å². The Morgan fingerprint density at radius 3 is 2.70 bits per heavy atom. The number of hydrogen-bond donors (Lipinski definition) is 1. The summed E-state index contributed by atoms with van der Waals surface area (Å²) in [5.74, 6) is -0.173. The summed E-state index contributed by atoms with van der Waals surface area (Å²) in [4.78, 5) is 3.01. The third-order valence-corrected chi connectivity index (χ3v) is 5.39. The average molecular weight is 289 g/mol. The molecule has 3 heteroatoms. The molecule has 0 aliphatic heterocycles. The van der Waals surface area contributed by atoms with E-state index in [9.17, 15) is 4.39 Å². The van der Waals surface area contributed by atoms with Gasteiger partial charge < -0.3 is 5.32 Å². The van der Waals surface area contributed by atoms with Crippen LogP contribution in [0.5, 0.6) is 0 Å². The monoisotopic (exact) mass is 289 g/mol. The molecule has 0 saturated carbocycles. The van der Waals surface area contributed by atoms with Crippen molar-refractivity contribution in [2.45, 2.75) is 45.2 Å². The Balaban J connectivity index is 1.62. The first-order valence-electron chi connectivity index (χ1n) is 7.31. The summed E-state index contributed by atoms with van der Waals surface area (Å²) >= 11 is 1.96. The van der Waals surface area contributed by atoms with Crippen LogP contribution in [0.25, 0.3) is 0 Å². The maximum absolute atomic E-state index is 12.9. The lowest BCUT2D eigenvalue weighted by Crippen LogP contribution is -2.17. The SMILES string of the molecule is CC(NCc1ccc(F)cc1)c1cc2c(s1)CCCC2. The summed E-state index contributed by atoms with van der Waals surface area (Å²) in [6, 6.07) is 9.46. The highest BCUT2D eigenvalue weighted by atomic mass is 32.1. The summed E-state index contributed by atoms with van der Waals surface area (Å²) in [6.45, 7) is 2.99. The van der Waals surface area contributed by atoms with Crippen molar-refractivity contribution >= 4 is 11.3 Å². The molecule has 1 aromatic carbocycles. The second-order valence-corrected chi connectivity index (χ2v) is 6.70. The zero-order chi connectivity index (χ0) is 13.9. The van der Waals surface area contributed by atoms with Gasteiger partial charge in [0.15, 0.2) is 0 Å². The lowest BCUT2D eigenvalue weighted by molar-refractivity contribution is 0.580. The normalized spacial score (nSPS) is 15.9. The lowest BCUT2D eigenvalue weighted by Gasteiger charge is -2.12. The molecule has 0 radical (unpaired) electrons. The zero-order valence-corrected chi connectivity index (χ0v) is 12.6. The molecule has 0 bridgehead atoms. The van der Waals surface area contributed by atoms with Crippen molar-refractivity contribution in [1.82, 2.24) is 5.32 Å². The highest BCUT2D eigenvalue weighted by Gasteiger charge is 2.16. The molecule has 0 fully saturated rings. The average Bonchev–Trinajstić information content (AvgIpc) is 2.90. The van der Waals surface area contributed by atoms with Gasteiger partial charge in [-0.1, -0.05) is 12.1 Å². The summed E-state index contributed by atoms with van der Waals surface area (Å²) < 4.78 is 12.9. The van der Waals surface area contributed by atoms with Crippen LogP contribution < -0.4 is 5.32 Å². The van der Waals surface area contributed by atoms with E-state index in [2.05, 4.69) is 18.3 Å². The fourth-order valence-electron chi connectivity index (χ4n) is 2.70. The van der Waals surface area contributed by atoms with Crippen LogP contribution in [0.15, 0.2) is 30.3 Å². The highest BCUT2D eigenvalue weighted by molar-refractivity contribution is 7.12. The van der Waals surface area contributed by atoms with E-state index in [-0.39, 0.29) is 5.82 Å². The first kappa shape index (κ1) is 13.8. The van der Waals surface area contributed by atoms with Gasteiger partial charge in [0.2, 0.25) is 0 Å². The smallest absolute Gasteiger partial charge is 0.123 e. The Bertz CT molecular complexity index is 550. The minimum atomic E-state index is -0.173. The predicted octanol–water partition coefficient (Wildman–Crippen LogP) is 4.62. The van der Waals surface area contributed by atoms with Crippen LogP contribution in [-0.2, 0) is 19.4 Å². The van der Waals surface area contributed by atoms with Gasteiger partial charge in [0, 0.05) is 22.3 Å². The predicted molar refractivity (Wildman–Crippen MR) is 82.6 cm³/mol. The van der Waals surface area contributed by atoms with Crippen molar-refractivity contribution in [2.75, 3.05) is 0 Å². The van der Waals surface area contributed by atoms with Gasteiger partial charge >= 0.3 is 0 Å². The van der Waals surface area contributed by atoms with Crippen LogP contribution in [-0.4, -0.2) is 0 Å². The third kappa shape index (κ3) is 3.10. The standard InChI is InChI=1S/C17H20FNS/c1-12(19-11-13-6-8-15(18)9-7-13)17-10-14-4-2-3-5-16(14)20-17/h6-10,12,19H,2-5,11H2,1H3. The van der Waals surface area contributed by atoms with Crippen LogP contribution in [0.1, 0.15) is 46.7 Å². The molecule has 1 N–H and O–H groups in total. The largest absolute Gasteiger partial charge is 0.305 e. The third-order valence-electron chi connectivity index (χ3n) is 3.97. The van der Waals surface area contributed by atoms with E-state index in [0.29, 0.717) is 6.04 Å². The van der Waals surface area contributed by atoms with Gasteiger partial charge in [0.05, 0.1) is 0 Å². The van der Waals surface area contributed by atoms with Crippen LogP contribution in [0.3, 0.4) is 0 Å². The van der Waals surface area contributed by atoms with E-state index < -0.39 is 0 Å². The number of thiophene rings is 1. The van der Waals surface area contributed by atoms with Crippen LogP contribution in [0.2, 0.25) is 0 Å². The van der Waals surface area contributed by atoms with Gasteiger partial charge in [-0.25, -0.2) is 4.39 Å². The molecule has 0 amide bonds. The first-order chi connectivity index (χ1) is 9.72. The van der Waals surface area contributed by atoms with E-state index in [1.54, 1.807) is 10.4 Å². The van der Waals surface area contributed by atoms with Crippen molar-refractivity contribution in [3.63, 3.8) is 0 Å². The Morgan fingerprint density at radius 2 is 1.95 bits per heavy atom. The minimum Gasteiger partial charge on any atom is -0.305 e. The molecular formula is C17H20FNS. The maximum atomic E-state index is 12.9. The summed E-state index contributed by atoms with van der Waals surface area (Å²) in [6.07, 6.45) is 5.17. The quantitative estimate of drug-likeness (QED) is 0.866. The summed E-state index contributed by atoms with van der Waals surface area (Å²) in [7, 11) is 0. The van der Waals surface area contributed by atoms with Gasteiger partial charge in [-0.3, -0.25) is 0 Å². The van der Waals surface area contributed by atoms with E-state index in [0.717, 1.165) is 12.1 Å². The molecule has 1 unspecified atom stereocenters. The summed E-state index contributed by atoms with van der Waals surface area (Å²) in [5, 5.41) is 3.53. The van der Waals surface area contributed by atoms with Crippen molar-refractivity contribution in [2.24, 2.45) is 0 Å². The number of nitrogens with one attached hydrogen (secondary N) is 1. The zero-order valence-electron chi connectivity index (χ0n) is 11.8. The molecular weight excluding hydrogens is 269 g/mol. The number of benzene rings is 1. The number of fused-ring (bicyclic) bond motifs is 1. The van der Waals surface area contributed by atoms with Gasteiger partial charge in [0.1, 0.15) is 5.82 Å². The Morgan fingerprint density at radius 1 is 1.20 bits per heavy atom. The molecule has 2 aromatic rings. The van der Waals surface area contributed by atoms with Crippen molar-refractivity contribution in [3.05, 3.63) is 57.0 Å². The fraction of sp³-hybridized carbons (Fsp3) is 0.412. The van der Waals surface area contributed by atoms with Crippen LogP contribution >= 0.6 is 11.3 Å². The van der Waals surface area contributed by atoms with Crippen molar-refractivity contribution in [1.29, 1.82) is 0 Å². The number of aryl methyl sites for hydroxylation is 2. The molecule has 1 atom stereocenters. The molecule has 1 aliphatic carbocycles. The Labute approximate surface area is 123 Å². The minimum absolute atomic E-state index is 0.173. The van der Waals surface area contributed by atoms with E-state index in [1.807, 2.05) is 23.5 Å². The second kappa shape index (κ2) is 6.06. The molecule has 1 aromatic heterocycles. The van der Waals surface area contributed by atoms with Gasteiger partial charge in [-0.05, 0) is 61.9 Å². The molecule has 106 valence electrons. The Hall–Kier alpha value is -1.19. The number of rotatable bonds is 4. The highest BCUT2D eigenvalue weighted by Crippen LogP contribution is 2.32. The topological polar surface area (TPSA) is 12.0 Å². The molecule has 20 heavy (non-hydrogen) atoms. The molecule has 1 heterocycles. The van der Waals surface area contributed by atoms with Crippen LogP contribution in [0, 0.1) is 5.82 Å². The van der Waals surface area contributed by atoms with Crippen molar-refractivity contribution < 1.29 is 4.39 Å². The number of halogens is 1. The fourth-order valence-corrected chi connectivity index (χ4v) is 3.99. The van der Waals surface area contributed by atoms with Gasteiger partial charge in [-0.15, -0.1) is 11.3 Å². The lowest BCUT2D eigenvalue weighted by atomic mass is 9.99. The van der Waals surface area contributed by atoms with Crippen LogP contribution in [0.4, 0.5) is 4.39 Å². The molecule has 1 nitrogen and oxygen atoms in total. The van der Waals surface area contributed by atoms with E-state index in [4.69, 9.17) is 0 Å². The van der Waals surface area contributed by atoms with Gasteiger partial charge in [0.25, 0.3) is 0 Å². The van der Waals surface area contributed by atoms with Crippen molar-refractivity contribution in [3.8, 4) is 0 Å². The number of hydrogen-bond acceptors (Lipinski definition) is 2. The molecule has 3 rings (SSSR count). The summed E-state index contributed by atoms with van der Waals surface area (Å²) in [5.41, 5.74) is 2.69. The molecule has 1 aliphatic rings. The van der Waals surface area contributed by atoms with Gasteiger partial charge in [-0.2, -0.15) is 0 Å². The Kier molecular flexibility index (Phi) is 4.18. The second-order valence-electron chi connectivity index (χ2n) is 5.53. The van der Waals surface area contributed by atoms with E-state index in [1.165, 1.54) is 42.7 Å². The first-order valence-corrected chi connectivity index (χ1v) is 8.13. The maximum Gasteiger partial charge on any atom is 0.123 e. The molecule has 0 spiro atoms.